The smallest absolute Gasteiger partial charge is 0.129 e. The number of benzene rings is 2. The highest BCUT2D eigenvalue weighted by Gasteiger charge is 2.28. The number of hydrogen-bond donors (Lipinski definition) is 0. The molecule has 1 aliphatic heterocycles. The summed E-state index contributed by atoms with van der Waals surface area (Å²) in [7, 11) is -0.884. The van der Waals surface area contributed by atoms with Crippen molar-refractivity contribution in [2.45, 2.75) is 0 Å². The topological polar surface area (TPSA) is 32.3 Å². The summed E-state index contributed by atoms with van der Waals surface area (Å²) in [4.78, 5) is 14.5. The third-order valence-electron chi connectivity index (χ3n) is 5.55. The van der Waals surface area contributed by atoms with E-state index in [1.165, 1.54) is 10.6 Å². The van der Waals surface area contributed by atoms with Gasteiger partial charge in [0.25, 0.3) is 0 Å². The van der Waals surface area contributed by atoms with Gasteiger partial charge in [0.05, 0.1) is 0 Å². The van der Waals surface area contributed by atoms with Crippen LogP contribution in [0.3, 0.4) is 0 Å². The summed E-state index contributed by atoms with van der Waals surface area (Å²) in [6, 6.07) is 34.4. The first-order chi connectivity index (χ1) is 15.9. The first-order valence-electron chi connectivity index (χ1n) is 10.8. The van der Waals surface area contributed by atoms with Gasteiger partial charge in [-0.2, -0.15) is 0 Å². The summed E-state index contributed by atoms with van der Waals surface area (Å²) in [5, 5.41) is 2.85. The van der Waals surface area contributed by atoms with Crippen LogP contribution >= 0.6 is 15.8 Å². The average molecular weight is 456 g/mol. The largest absolute Gasteiger partial charge is 0.348 e. The predicted molar refractivity (Wildman–Crippen MR) is 139 cm³/mol. The Balaban J connectivity index is 1.55. The number of aromatic nitrogens is 2. The van der Waals surface area contributed by atoms with Gasteiger partial charge in [0.2, 0.25) is 0 Å². The van der Waals surface area contributed by atoms with E-state index < -0.39 is 15.8 Å². The zero-order valence-corrected chi connectivity index (χ0v) is 19.7. The lowest BCUT2D eigenvalue weighted by molar-refractivity contribution is 0.950. The molecule has 0 radical (unpaired) electrons. The van der Waals surface area contributed by atoms with Crippen molar-refractivity contribution in [3.05, 3.63) is 109 Å². The Morgan fingerprint density at radius 3 is 1.19 bits per heavy atom. The van der Waals surface area contributed by atoms with E-state index in [1.807, 2.05) is 24.5 Å². The summed E-state index contributed by atoms with van der Waals surface area (Å²) in [6.45, 7) is 0. The molecule has 0 N–H and O–H groups in total. The van der Waals surface area contributed by atoms with Crippen LogP contribution in [0.15, 0.2) is 109 Å². The minimum Gasteiger partial charge on any atom is -0.348 e. The first-order valence-corrected chi connectivity index (χ1v) is 14.2. The molecule has 4 nitrogen and oxygen atoms in total. The van der Waals surface area contributed by atoms with Crippen molar-refractivity contribution in [1.29, 1.82) is 0 Å². The van der Waals surface area contributed by atoms with Crippen LogP contribution in [0.4, 0.5) is 11.6 Å². The molecular weight excluding hydrogens is 430 g/mol. The molecule has 0 atom stereocenters. The highest BCUT2D eigenvalue weighted by atomic mass is 31.1. The van der Waals surface area contributed by atoms with Crippen molar-refractivity contribution in [3.8, 4) is 0 Å². The summed E-state index contributed by atoms with van der Waals surface area (Å²) in [6.07, 6.45) is 7.78. The fourth-order valence-electron chi connectivity index (χ4n) is 3.98. The molecule has 0 spiro atoms. The quantitative estimate of drug-likeness (QED) is 0.393. The zero-order chi connectivity index (χ0) is 21.6. The van der Waals surface area contributed by atoms with Crippen molar-refractivity contribution in [3.63, 3.8) is 0 Å². The maximum atomic E-state index is 4.73. The lowest BCUT2D eigenvalue weighted by atomic mass is 10.4. The Morgan fingerprint density at radius 1 is 0.469 bits per heavy atom. The molecule has 3 heterocycles. The lowest BCUT2D eigenvalue weighted by Crippen LogP contribution is -2.38. The highest BCUT2D eigenvalue weighted by molar-refractivity contribution is 7.67. The fourth-order valence-corrected chi connectivity index (χ4v) is 8.94. The van der Waals surface area contributed by atoms with Crippen LogP contribution in [-0.4, -0.2) is 35.1 Å². The first kappa shape index (κ1) is 21.1. The van der Waals surface area contributed by atoms with Crippen LogP contribution in [0.5, 0.6) is 0 Å². The van der Waals surface area contributed by atoms with E-state index in [1.54, 1.807) is 0 Å². The van der Waals surface area contributed by atoms with Crippen molar-refractivity contribution in [2.75, 3.05) is 34.9 Å². The molecule has 1 fully saturated rings. The maximum absolute atomic E-state index is 4.73. The highest BCUT2D eigenvalue weighted by Crippen LogP contribution is 2.47. The SMILES string of the molecule is c1ccc(P2CN(c3ccccn3)CP(c3ccccc3)CN(c3ccccn3)C2)cc1. The number of rotatable bonds is 4. The summed E-state index contributed by atoms with van der Waals surface area (Å²) >= 11 is 0. The van der Waals surface area contributed by atoms with E-state index in [9.17, 15) is 0 Å². The number of nitrogens with zero attached hydrogens (tertiary/aromatic N) is 4. The van der Waals surface area contributed by atoms with E-state index in [4.69, 9.17) is 9.97 Å². The minimum atomic E-state index is -0.442. The van der Waals surface area contributed by atoms with Crippen LogP contribution in [0.1, 0.15) is 0 Å². The molecule has 5 rings (SSSR count). The standard InChI is InChI=1S/C26H26N4P2/c1-3-11-23(12-4-1)31-19-29(25-15-7-9-17-27-25)21-32(24-13-5-2-6-14-24)22-30(20-31)26-16-8-10-18-28-26/h1-18H,19-22H2. The Bertz CT molecular complexity index is 908. The third kappa shape index (κ3) is 4.99. The second-order valence-corrected chi connectivity index (χ2v) is 12.1. The molecule has 4 aromatic rings. The maximum Gasteiger partial charge on any atom is 0.129 e. The van der Waals surface area contributed by atoms with Gasteiger partial charge in [0.1, 0.15) is 11.6 Å². The Hall–Kier alpha value is -2.80. The Kier molecular flexibility index (Phi) is 6.72. The molecule has 6 heteroatoms. The van der Waals surface area contributed by atoms with Gasteiger partial charge < -0.3 is 9.80 Å². The van der Waals surface area contributed by atoms with Gasteiger partial charge in [-0.05, 0) is 50.7 Å². The molecule has 0 bridgehead atoms. The number of anilines is 2. The van der Waals surface area contributed by atoms with Gasteiger partial charge in [-0.25, -0.2) is 9.97 Å². The Morgan fingerprint density at radius 2 is 0.844 bits per heavy atom. The number of pyridine rings is 2. The monoisotopic (exact) mass is 456 g/mol. The molecule has 1 saturated heterocycles. The zero-order valence-electron chi connectivity index (χ0n) is 17.9. The van der Waals surface area contributed by atoms with E-state index in [-0.39, 0.29) is 0 Å². The normalized spacial score (nSPS) is 19.2. The predicted octanol–water partition coefficient (Wildman–Crippen LogP) is 5.25. The molecule has 32 heavy (non-hydrogen) atoms. The molecule has 1 aliphatic rings. The molecule has 0 unspecified atom stereocenters. The number of hydrogen-bond acceptors (Lipinski definition) is 4. The van der Waals surface area contributed by atoms with Crippen molar-refractivity contribution in [2.24, 2.45) is 0 Å². The minimum absolute atomic E-state index is 0.442. The van der Waals surface area contributed by atoms with Crippen molar-refractivity contribution in [1.82, 2.24) is 9.97 Å². The van der Waals surface area contributed by atoms with Gasteiger partial charge >= 0.3 is 0 Å². The fraction of sp³-hybridized carbons (Fsp3) is 0.154. The summed E-state index contributed by atoms with van der Waals surface area (Å²) in [5.41, 5.74) is 0. The molecule has 160 valence electrons. The van der Waals surface area contributed by atoms with E-state index in [0.29, 0.717) is 0 Å². The van der Waals surface area contributed by atoms with Crippen LogP contribution in [-0.2, 0) is 0 Å². The molecule has 2 aromatic carbocycles. The second kappa shape index (κ2) is 10.2. The van der Waals surface area contributed by atoms with Crippen molar-refractivity contribution < 1.29 is 0 Å². The molecule has 0 aliphatic carbocycles. The molecule has 0 saturated carbocycles. The Labute approximate surface area is 192 Å². The van der Waals surface area contributed by atoms with Crippen LogP contribution in [0.25, 0.3) is 0 Å². The van der Waals surface area contributed by atoms with E-state index >= 15 is 0 Å². The average Bonchev–Trinajstić information content (AvgIpc) is 2.86. The lowest BCUT2D eigenvalue weighted by Gasteiger charge is -2.40. The van der Waals surface area contributed by atoms with Crippen LogP contribution in [0.2, 0.25) is 0 Å². The molecular formula is C26H26N4P2. The van der Waals surface area contributed by atoms with Gasteiger partial charge in [0, 0.05) is 37.5 Å². The van der Waals surface area contributed by atoms with Gasteiger partial charge in [0.15, 0.2) is 0 Å². The van der Waals surface area contributed by atoms with Gasteiger partial charge in [-0.3, -0.25) is 0 Å². The molecule has 2 aromatic heterocycles. The second-order valence-electron chi connectivity index (χ2n) is 7.77. The third-order valence-corrected chi connectivity index (χ3v) is 10.3. The molecule has 0 amide bonds. The van der Waals surface area contributed by atoms with Crippen LogP contribution < -0.4 is 20.4 Å². The van der Waals surface area contributed by atoms with Crippen LogP contribution in [0, 0.1) is 0 Å². The van der Waals surface area contributed by atoms with Gasteiger partial charge in [-0.15, -0.1) is 0 Å². The van der Waals surface area contributed by atoms with Gasteiger partial charge in [-0.1, -0.05) is 72.8 Å². The van der Waals surface area contributed by atoms with E-state index in [2.05, 4.69) is 94.7 Å². The summed E-state index contributed by atoms with van der Waals surface area (Å²) < 4.78 is 0. The van der Waals surface area contributed by atoms with Crippen molar-refractivity contribution >= 4 is 38.1 Å². The summed E-state index contributed by atoms with van der Waals surface area (Å²) in [5.74, 6) is 2.15. The van der Waals surface area contributed by atoms with E-state index in [0.717, 1.165) is 36.8 Å².